The quantitative estimate of drug-likeness (QED) is 0.678. The number of hydrogen-bond acceptors (Lipinski definition) is 2. The third-order valence-corrected chi connectivity index (χ3v) is 5.12. The van der Waals surface area contributed by atoms with E-state index >= 15 is 0 Å². The number of anilines is 1. The molecule has 0 atom stereocenters. The third-order valence-electron chi connectivity index (χ3n) is 2.37. The molecule has 0 aliphatic heterocycles. The number of thiophene rings is 1. The zero-order valence-corrected chi connectivity index (χ0v) is 13.3. The first-order valence-corrected chi connectivity index (χ1v) is 7.51. The molecule has 1 nitrogen and oxygen atoms in total. The molecule has 1 aromatic carbocycles. The first kappa shape index (κ1) is 14.0. The van der Waals surface area contributed by atoms with E-state index in [2.05, 4.69) is 37.2 Å². The van der Waals surface area contributed by atoms with E-state index in [0.717, 1.165) is 15.4 Å². The molecule has 0 radical (unpaired) electrons. The fraction of sp³-hybridized carbons (Fsp3) is 0.167. The Kier molecular flexibility index (Phi) is 4.40. The Bertz CT molecular complexity index is 564. The summed E-state index contributed by atoms with van der Waals surface area (Å²) in [5, 5.41) is 2.96. The second-order valence-electron chi connectivity index (χ2n) is 3.72. The van der Waals surface area contributed by atoms with Crippen LogP contribution in [0.4, 0.5) is 14.5 Å². The van der Waals surface area contributed by atoms with Crippen LogP contribution < -0.4 is 5.32 Å². The van der Waals surface area contributed by atoms with Gasteiger partial charge in [0.2, 0.25) is 0 Å². The molecule has 0 saturated carbocycles. The average molecular weight is 397 g/mol. The zero-order chi connectivity index (χ0) is 13.3. The fourth-order valence-electron chi connectivity index (χ4n) is 1.45. The number of benzene rings is 1. The molecule has 6 heteroatoms. The summed E-state index contributed by atoms with van der Waals surface area (Å²) in [6.07, 6.45) is 0. The Morgan fingerprint density at radius 3 is 2.44 bits per heavy atom. The molecule has 0 bridgehead atoms. The van der Waals surface area contributed by atoms with E-state index in [4.69, 9.17) is 0 Å². The number of halogens is 4. The maximum Gasteiger partial charge on any atom is 0.149 e. The predicted octanol–water partition coefficient (Wildman–Crippen LogP) is 5.47. The van der Waals surface area contributed by atoms with Crippen LogP contribution in [0.1, 0.15) is 9.75 Å². The van der Waals surface area contributed by atoms with E-state index in [0.29, 0.717) is 6.54 Å². The maximum atomic E-state index is 13.5. The van der Waals surface area contributed by atoms with Gasteiger partial charge in [-0.1, -0.05) is 0 Å². The highest BCUT2D eigenvalue weighted by Crippen LogP contribution is 2.28. The van der Waals surface area contributed by atoms with Crippen LogP contribution in [0.5, 0.6) is 0 Å². The minimum absolute atomic E-state index is 0.245. The highest BCUT2D eigenvalue weighted by Gasteiger charge is 2.09. The van der Waals surface area contributed by atoms with Gasteiger partial charge in [-0.2, -0.15) is 0 Å². The van der Waals surface area contributed by atoms with Gasteiger partial charge in [0.1, 0.15) is 11.6 Å². The van der Waals surface area contributed by atoms with Gasteiger partial charge in [-0.3, -0.25) is 0 Å². The molecule has 0 saturated heterocycles. The van der Waals surface area contributed by atoms with Gasteiger partial charge in [-0.25, -0.2) is 8.78 Å². The van der Waals surface area contributed by atoms with Gasteiger partial charge in [0, 0.05) is 26.8 Å². The smallest absolute Gasteiger partial charge is 0.149 e. The number of aryl methyl sites for hydroxylation is 1. The van der Waals surface area contributed by atoms with Crippen LogP contribution in [0.3, 0.4) is 0 Å². The molecule has 18 heavy (non-hydrogen) atoms. The van der Waals surface area contributed by atoms with Crippen molar-refractivity contribution in [2.45, 2.75) is 13.5 Å². The number of rotatable bonds is 3. The van der Waals surface area contributed by atoms with Crippen LogP contribution in [-0.4, -0.2) is 0 Å². The molecule has 1 heterocycles. The Hall–Kier alpha value is -0.460. The molecule has 1 N–H and O–H groups in total. The van der Waals surface area contributed by atoms with Crippen molar-refractivity contribution in [3.8, 4) is 0 Å². The SMILES string of the molecule is Cc1sc(CNc2cc(Br)c(F)cc2F)cc1Br. The van der Waals surface area contributed by atoms with Gasteiger partial charge >= 0.3 is 0 Å². The van der Waals surface area contributed by atoms with Crippen molar-refractivity contribution in [3.05, 3.63) is 48.5 Å². The lowest BCUT2D eigenvalue weighted by atomic mass is 10.3. The van der Waals surface area contributed by atoms with E-state index in [1.54, 1.807) is 11.3 Å². The second kappa shape index (κ2) is 5.67. The van der Waals surface area contributed by atoms with Crippen LogP contribution in [0, 0.1) is 18.6 Å². The Labute approximate surface area is 124 Å². The molecule has 0 unspecified atom stereocenters. The van der Waals surface area contributed by atoms with Gasteiger partial charge < -0.3 is 5.32 Å². The van der Waals surface area contributed by atoms with Crippen LogP contribution in [-0.2, 0) is 6.54 Å². The highest BCUT2D eigenvalue weighted by atomic mass is 79.9. The van der Waals surface area contributed by atoms with E-state index in [1.165, 1.54) is 10.9 Å². The molecule has 0 aliphatic rings. The first-order chi connectivity index (χ1) is 8.47. The Morgan fingerprint density at radius 1 is 1.11 bits per heavy atom. The summed E-state index contributed by atoms with van der Waals surface area (Å²) in [7, 11) is 0. The molecule has 0 fully saturated rings. The van der Waals surface area contributed by atoms with E-state index in [1.807, 2.05) is 13.0 Å². The lowest BCUT2D eigenvalue weighted by molar-refractivity contribution is 0.580. The molecule has 0 aliphatic carbocycles. The summed E-state index contributed by atoms with van der Waals surface area (Å²) in [4.78, 5) is 2.26. The van der Waals surface area contributed by atoms with Crippen molar-refractivity contribution in [2.75, 3.05) is 5.32 Å². The minimum atomic E-state index is -0.604. The summed E-state index contributed by atoms with van der Waals surface area (Å²) < 4.78 is 27.8. The fourth-order valence-corrected chi connectivity index (χ4v) is 3.33. The van der Waals surface area contributed by atoms with E-state index in [-0.39, 0.29) is 10.2 Å². The topological polar surface area (TPSA) is 12.0 Å². The molecule has 0 spiro atoms. The molecular weight excluding hydrogens is 388 g/mol. The first-order valence-electron chi connectivity index (χ1n) is 5.10. The molecule has 2 rings (SSSR count). The van der Waals surface area contributed by atoms with Crippen molar-refractivity contribution >= 4 is 48.9 Å². The Morgan fingerprint density at radius 2 is 1.83 bits per heavy atom. The van der Waals surface area contributed by atoms with Crippen molar-refractivity contribution in [3.63, 3.8) is 0 Å². The third kappa shape index (κ3) is 3.10. The lowest BCUT2D eigenvalue weighted by Gasteiger charge is -2.07. The normalized spacial score (nSPS) is 10.7. The van der Waals surface area contributed by atoms with Gasteiger partial charge in [0.15, 0.2) is 0 Å². The molecule has 2 aromatic rings. The monoisotopic (exact) mass is 395 g/mol. The van der Waals surface area contributed by atoms with E-state index < -0.39 is 11.6 Å². The predicted molar refractivity (Wildman–Crippen MR) is 78.1 cm³/mol. The molecule has 96 valence electrons. The minimum Gasteiger partial charge on any atom is -0.378 e. The number of nitrogens with one attached hydrogen (secondary N) is 1. The molecule has 1 aromatic heterocycles. The van der Waals surface area contributed by atoms with Crippen molar-refractivity contribution in [2.24, 2.45) is 0 Å². The summed E-state index contributed by atoms with van der Waals surface area (Å²) in [5.41, 5.74) is 0.283. The molecule has 0 amide bonds. The largest absolute Gasteiger partial charge is 0.378 e. The van der Waals surface area contributed by atoms with Crippen molar-refractivity contribution < 1.29 is 8.78 Å². The highest BCUT2D eigenvalue weighted by molar-refractivity contribution is 9.10. The summed E-state index contributed by atoms with van der Waals surface area (Å²) in [5.74, 6) is -1.20. The zero-order valence-electron chi connectivity index (χ0n) is 9.36. The standard InChI is InChI=1S/C12H9Br2F2NS/c1-6-8(13)2-7(18-6)5-17-12-3-9(14)10(15)4-11(12)16/h2-4,17H,5H2,1H3. The summed E-state index contributed by atoms with van der Waals surface area (Å²) in [6.45, 7) is 2.51. The van der Waals surface area contributed by atoms with Gasteiger partial charge in [0.05, 0.1) is 10.2 Å². The van der Waals surface area contributed by atoms with Gasteiger partial charge in [-0.05, 0) is 50.9 Å². The lowest BCUT2D eigenvalue weighted by Crippen LogP contribution is -2.00. The number of hydrogen-bond donors (Lipinski definition) is 1. The van der Waals surface area contributed by atoms with Crippen LogP contribution in [0.2, 0.25) is 0 Å². The van der Waals surface area contributed by atoms with E-state index in [9.17, 15) is 8.78 Å². The van der Waals surface area contributed by atoms with Crippen LogP contribution in [0.15, 0.2) is 27.1 Å². The van der Waals surface area contributed by atoms with Crippen LogP contribution in [0.25, 0.3) is 0 Å². The van der Waals surface area contributed by atoms with Gasteiger partial charge in [0.25, 0.3) is 0 Å². The van der Waals surface area contributed by atoms with Gasteiger partial charge in [-0.15, -0.1) is 11.3 Å². The maximum absolute atomic E-state index is 13.5. The van der Waals surface area contributed by atoms with Crippen LogP contribution >= 0.6 is 43.2 Å². The summed E-state index contributed by atoms with van der Waals surface area (Å²) >= 11 is 8.09. The average Bonchev–Trinajstić information content (AvgIpc) is 2.62. The second-order valence-corrected chi connectivity index (χ2v) is 6.77. The summed E-state index contributed by atoms with van der Waals surface area (Å²) in [6, 6.07) is 4.26. The van der Waals surface area contributed by atoms with Crippen molar-refractivity contribution in [1.82, 2.24) is 0 Å². The molecular formula is C12H9Br2F2NS. The Balaban J connectivity index is 2.13. The van der Waals surface area contributed by atoms with Crippen molar-refractivity contribution in [1.29, 1.82) is 0 Å².